The largest absolute Gasteiger partial charge is 0.480 e. The van der Waals surface area contributed by atoms with Crippen LogP contribution in [0.4, 0.5) is 4.39 Å². The SMILES string of the molecule is C[C@H](C(=O)O)N1C(=O)C(=Cc2ccccc2F)SC1=S. The number of hydrogen-bond acceptors (Lipinski definition) is 4. The van der Waals surface area contributed by atoms with Crippen LogP contribution < -0.4 is 0 Å². The summed E-state index contributed by atoms with van der Waals surface area (Å²) >= 11 is 5.98. The molecule has 1 aromatic carbocycles. The lowest BCUT2D eigenvalue weighted by atomic mass is 10.2. The molecular weight excluding hydrogens is 301 g/mol. The Balaban J connectivity index is 2.33. The van der Waals surface area contributed by atoms with Crippen LogP contribution in [0.25, 0.3) is 6.08 Å². The number of carboxylic acids is 1. The molecule has 0 unspecified atom stereocenters. The number of thioether (sulfide) groups is 1. The Morgan fingerprint density at radius 3 is 2.75 bits per heavy atom. The second kappa shape index (κ2) is 5.72. The lowest BCUT2D eigenvalue weighted by Crippen LogP contribution is -2.41. The highest BCUT2D eigenvalue weighted by atomic mass is 32.2. The van der Waals surface area contributed by atoms with Gasteiger partial charge in [-0.25, -0.2) is 9.18 Å². The molecule has 0 aromatic heterocycles. The normalized spacial score (nSPS) is 18.7. The van der Waals surface area contributed by atoms with Crippen molar-refractivity contribution in [3.05, 3.63) is 40.6 Å². The van der Waals surface area contributed by atoms with Crippen LogP contribution in [0.3, 0.4) is 0 Å². The minimum absolute atomic E-state index is 0.160. The van der Waals surface area contributed by atoms with Crippen LogP contribution in [0.2, 0.25) is 0 Å². The van der Waals surface area contributed by atoms with E-state index in [2.05, 4.69) is 0 Å². The summed E-state index contributed by atoms with van der Waals surface area (Å²) in [5.74, 6) is -2.12. The van der Waals surface area contributed by atoms with Crippen LogP contribution >= 0.6 is 24.0 Å². The molecule has 7 heteroatoms. The van der Waals surface area contributed by atoms with Crippen LogP contribution in [0.1, 0.15) is 12.5 Å². The molecule has 1 N–H and O–H groups in total. The maximum atomic E-state index is 13.5. The highest BCUT2D eigenvalue weighted by Crippen LogP contribution is 2.34. The predicted octanol–water partition coefficient (Wildman–Crippen LogP) is 2.50. The first kappa shape index (κ1) is 14.7. The van der Waals surface area contributed by atoms with Crippen molar-refractivity contribution in [1.29, 1.82) is 0 Å². The summed E-state index contributed by atoms with van der Waals surface area (Å²) in [6.07, 6.45) is 1.38. The summed E-state index contributed by atoms with van der Waals surface area (Å²) in [6, 6.07) is 4.96. The van der Waals surface area contributed by atoms with Gasteiger partial charge in [0.05, 0.1) is 4.91 Å². The van der Waals surface area contributed by atoms with Crippen molar-refractivity contribution in [2.75, 3.05) is 0 Å². The van der Waals surface area contributed by atoms with Gasteiger partial charge in [-0.15, -0.1) is 0 Å². The fourth-order valence-corrected chi connectivity index (χ4v) is 3.07. The molecule has 1 aliphatic heterocycles. The molecule has 20 heavy (non-hydrogen) atoms. The number of hydrogen-bond donors (Lipinski definition) is 1. The molecule has 0 radical (unpaired) electrons. The van der Waals surface area contributed by atoms with E-state index in [1.54, 1.807) is 12.1 Å². The summed E-state index contributed by atoms with van der Waals surface area (Å²) in [5.41, 5.74) is 0.260. The van der Waals surface area contributed by atoms with Gasteiger partial charge >= 0.3 is 5.97 Å². The average molecular weight is 311 g/mol. The maximum Gasteiger partial charge on any atom is 0.326 e. The van der Waals surface area contributed by atoms with Gasteiger partial charge in [-0.2, -0.15) is 0 Å². The first-order valence-corrected chi connectivity index (χ1v) is 6.88. The van der Waals surface area contributed by atoms with E-state index in [9.17, 15) is 14.0 Å². The third-order valence-electron chi connectivity index (χ3n) is 2.76. The Kier molecular flexibility index (Phi) is 4.20. The zero-order valence-corrected chi connectivity index (χ0v) is 12.0. The topological polar surface area (TPSA) is 57.6 Å². The second-order valence-corrected chi connectivity index (χ2v) is 5.76. The van der Waals surface area contributed by atoms with Crippen molar-refractivity contribution in [1.82, 2.24) is 4.90 Å². The smallest absolute Gasteiger partial charge is 0.326 e. The highest BCUT2D eigenvalue weighted by molar-refractivity contribution is 8.26. The van der Waals surface area contributed by atoms with E-state index < -0.39 is 23.7 Å². The van der Waals surface area contributed by atoms with Crippen LogP contribution in [-0.2, 0) is 9.59 Å². The van der Waals surface area contributed by atoms with Gasteiger partial charge < -0.3 is 5.11 Å². The third-order valence-corrected chi connectivity index (χ3v) is 4.09. The molecule has 1 aromatic rings. The molecule has 0 aliphatic carbocycles. The fourth-order valence-electron chi connectivity index (χ4n) is 1.66. The van der Waals surface area contributed by atoms with Crippen LogP contribution in [-0.4, -0.2) is 32.2 Å². The first-order chi connectivity index (χ1) is 9.41. The quantitative estimate of drug-likeness (QED) is 0.686. The van der Waals surface area contributed by atoms with E-state index in [0.29, 0.717) is 0 Å². The van der Waals surface area contributed by atoms with Crippen LogP contribution in [0.5, 0.6) is 0 Å². The van der Waals surface area contributed by atoms with Crippen LogP contribution in [0.15, 0.2) is 29.2 Å². The molecule has 1 fully saturated rings. The molecule has 4 nitrogen and oxygen atoms in total. The van der Waals surface area contributed by atoms with Crippen molar-refractivity contribution in [3.63, 3.8) is 0 Å². The molecule has 0 bridgehead atoms. The molecular formula is C13H10FNO3S2. The van der Waals surface area contributed by atoms with Gasteiger partial charge in [-0.1, -0.05) is 42.2 Å². The van der Waals surface area contributed by atoms with Gasteiger partial charge in [-0.05, 0) is 19.1 Å². The van der Waals surface area contributed by atoms with E-state index in [-0.39, 0.29) is 14.8 Å². The Morgan fingerprint density at radius 2 is 2.15 bits per heavy atom. The van der Waals surface area contributed by atoms with Gasteiger partial charge in [0.25, 0.3) is 5.91 Å². The number of aliphatic carboxylic acids is 1. The van der Waals surface area contributed by atoms with E-state index in [1.807, 2.05) is 0 Å². The van der Waals surface area contributed by atoms with E-state index >= 15 is 0 Å². The standard InChI is InChI=1S/C13H10FNO3S2/c1-7(12(17)18)15-11(16)10(20-13(15)19)6-8-4-2-3-5-9(8)14/h2-7H,1H3,(H,17,18)/t7-/m1/s1. The number of halogens is 1. The first-order valence-electron chi connectivity index (χ1n) is 5.66. The Hall–Kier alpha value is -1.73. The molecule has 0 spiro atoms. The van der Waals surface area contributed by atoms with Gasteiger partial charge in [0.15, 0.2) is 0 Å². The zero-order valence-electron chi connectivity index (χ0n) is 10.4. The minimum Gasteiger partial charge on any atom is -0.480 e. The Bertz CT molecular complexity index is 630. The second-order valence-electron chi connectivity index (χ2n) is 4.09. The molecule has 1 aliphatic rings. The van der Waals surface area contributed by atoms with Gasteiger partial charge in [0, 0.05) is 5.56 Å². The Labute approximate surface area is 124 Å². The molecule has 0 saturated carbocycles. The van der Waals surface area contributed by atoms with Crippen molar-refractivity contribution in [2.24, 2.45) is 0 Å². The van der Waals surface area contributed by atoms with Crippen LogP contribution in [0, 0.1) is 5.82 Å². The lowest BCUT2D eigenvalue weighted by molar-refractivity contribution is -0.144. The zero-order chi connectivity index (χ0) is 14.9. The minimum atomic E-state index is -1.14. The van der Waals surface area contributed by atoms with Gasteiger partial charge in [-0.3, -0.25) is 9.69 Å². The summed E-state index contributed by atoms with van der Waals surface area (Å²) in [4.78, 5) is 24.3. The average Bonchev–Trinajstić information content (AvgIpc) is 2.66. The Morgan fingerprint density at radius 1 is 1.50 bits per heavy atom. The van der Waals surface area contributed by atoms with E-state index in [4.69, 9.17) is 17.3 Å². The fraction of sp³-hybridized carbons (Fsp3) is 0.154. The lowest BCUT2D eigenvalue weighted by Gasteiger charge is -2.18. The number of carbonyl (C=O) groups is 2. The number of benzene rings is 1. The molecule has 1 amide bonds. The van der Waals surface area contributed by atoms with E-state index in [0.717, 1.165) is 16.7 Å². The molecule has 2 rings (SSSR count). The van der Waals surface area contributed by atoms with Crippen molar-refractivity contribution < 1.29 is 19.1 Å². The summed E-state index contributed by atoms with van der Waals surface area (Å²) < 4.78 is 13.7. The number of nitrogens with zero attached hydrogens (tertiary/aromatic N) is 1. The number of rotatable bonds is 3. The molecule has 1 heterocycles. The number of thiocarbonyl (C=S) groups is 1. The maximum absolute atomic E-state index is 13.5. The third kappa shape index (κ3) is 2.73. The van der Waals surface area contributed by atoms with Gasteiger partial charge in [0.2, 0.25) is 0 Å². The molecule has 104 valence electrons. The molecule has 1 saturated heterocycles. The molecule has 1 atom stereocenters. The van der Waals surface area contributed by atoms with Crippen molar-refractivity contribution >= 4 is 46.3 Å². The monoisotopic (exact) mass is 311 g/mol. The highest BCUT2D eigenvalue weighted by Gasteiger charge is 2.38. The van der Waals surface area contributed by atoms with E-state index in [1.165, 1.54) is 25.1 Å². The van der Waals surface area contributed by atoms with Crippen molar-refractivity contribution in [3.8, 4) is 0 Å². The number of carbonyl (C=O) groups excluding carboxylic acids is 1. The summed E-state index contributed by atoms with van der Waals surface area (Å²) in [5, 5.41) is 8.96. The summed E-state index contributed by atoms with van der Waals surface area (Å²) in [6.45, 7) is 1.37. The number of carboxylic acid groups (broad SMARTS) is 1. The van der Waals surface area contributed by atoms with Crippen molar-refractivity contribution in [2.45, 2.75) is 13.0 Å². The van der Waals surface area contributed by atoms with Gasteiger partial charge in [0.1, 0.15) is 16.2 Å². The predicted molar refractivity (Wildman–Crippen MR) is 78.5 cm³/mol. The number of amides is 1. The summed E-state index contributed by atoms with van der Waals surface area (Å²) in [7, 11) is 0.